The van der Waals surface area contributed by atoms with Gasteiger partial charge in [0.15, 0.2) is 6.10 Å². The number of allylic oxidation sites excluding steroid dienone is 10. The van der Waals surface area contributed by atoms with Gasteiger partial charge in [-0.15, -0.1) is 0 Å². The van der Waals surface area contributed by atoms with Crippen molar-refractivity contribution in [2.75, 3.05) is 26.4 Å². The van der Waals surface area contributed by atoms with Crippen molar-refractivity contribution in [3.05, 3.63) is 60.8 Å². The van der Waals surface area contributed by atoms with E-state index in [4.69, 9.17) is 23.8 Å². The molecule has 0 bridgehead atoms. The van der Waals surface area contributed by atoms with Crippen molar-refractivity contribution in [1.82, 2.24) is 0 Å². The van der Waals surface area contributed by atoms with E-state index in [1.165, 1.54) is 44.9 Å². The minimum Gasteiger partial charge on any atom is -0.462 e. The SMILES string of the molecule is CCCCC/C=C\C/C=C\C/C=C\C/C=C\CCCC(=O)O[C@H](COC(=O)CCCCCCC/C=C\CCCCCC)COP(=O)(O)OC[C@@H](O)COP(=O)(O)O. The Bertz CT molecular complexity index is 1240. The fraction of sp³-hybridized carbons (Fsp3) is 0.714. The summed E-state index contributed by atoms with van der Waals surface area (Å²) in [6, 6.07) is 0. The predicted molar refractivity (Wildman–Crippen MR) is 225 cm³/mol. The van der Waals surface area contributed by atoms with Gasteiger partial charge in [0.05, 0.1) is 19.8 Å². The fourth-order valence-electron chi connectivity index (χ4n) is 5.16. The van der Waals surface area contributed by atoms with Gasteiger partial charge in [-0.3, -0.25) is 23.2 Å². The maximum Gasteiger partial charge on any atom is 0.472 e. The molecule has 15 heteroatoms. The van der Waals surface area contributed by atoms with Crippen LogP contribution in [0.2, 0.25) is 0 Å². The van der Waals surface area contributed by atoms with Crippen molar-refractivity contribution in [2.45, 2.75) is 167 Å². The largest absolute Gasteiger partial charge is 0.472 e. The van der Waals surface area contributed by atoms with Crippen molar-refractivity contribution >= 4 is 27.6 Å². The number of hydrogen-bond acceptors (Lipinski definition) is 10. The lowest BCUT2D eigenvalue weighted by Crippen LogP contribution is -2.29. The number of hydrogen-bond donors (Lipinski definition) is 4. The Balaban J connectivity index is 4.66. The van der Waals surface area contributed by atoms with Gasteiger partial charge < -0.3 is 29.3 Å². The Morgan fingerprint density at radius 3 is 1.51 bits per heavy atom. The van der Waals surface area contributed by atoms with E-state index in [-0.39, 0.29) is 12.8 Å². The van der Waals surface area contributed by atoms with E-state index >= 15 is 0 Å². The molecule has 0 fully saturated rings. The molecule has 1 unspecified atom stereocenters. The summed E-state index contributed by atoms with van der Waals surface area (Å²) in [7, 11) is -9.69. The minimum absolute atomic E-state index is 0.0519. The Kier molecular flexibility index (Phi) is 36.6. The molecule has 0 spiro atoms. The highest BCUT2D eigenvalue weighted by molar-refractivity contribution is 7.47. The number of rotatable bonds is 39. The van der Waals surface area contributed by atoms with Crippen molar-refractivity contribution in [1.29, 1.82) is 0 Å². The van der Waals surface area contributed by atoms with Crippen molar-refractivity contribution in [3.8, 4) is 0 Å². The van der Waals surface area contributed by atoms with E-state index in [1.807, 2.05) is 12.2 Å². The lowest BCUT2D eigenvalue weighted by molar-refractivity contribution is -0.161. The van der Waals surface area contributed by atoms with E-state index in [2.05, 4.69) is 71.5 Å². The van der Waals surface area contributed by atoms with Crippen LogP contribution in [0.5, 0.6) is 0 Å². The molecule has 0 amide bonds. The molecule has 0 saturated carbocycles. The number of phosphoric ester groups is 2. The molecule has 0 aliphatic carbocycles. The molecule has 57 heavy (non-hydrogen) atoms. The topological polar surface area (TPSA) is 195 Å². The summed E-state index contributed by atoms with van der Waals surface area (Å²) < 4.78 is 47.6. The van der Waals surface area contributed by atoms with Gasteiger partial charge in [-0.25, -0.2) is 9.13 Å². The molecule has 0 aliphatic heterocycles. The van der Waals surface area contributed by atoms with Gasteiger partial charge in [0.2, 0.25) is 0 Å². The van der Waals surface area contributed by atoms with Crippen LogP contribution in [0.25, 0.3) is 0 Å². The van der Waals surface area contributed by atoms with E-state index in [0.29, 0.717) is 19.3 Å². The molecule has 0 rings (SSSR count). The second-order valence-electron chi connectivity index (χ2n) is 13.9. The first kappa shape index (κ1) is 54.8. The summed E-state index contributed by atoms with van der Waals surface area (Å²) in [6.45, 7) is 1.63. The summed E-state index contributed by atoms with van der Waals surface area (Å²) in [4.78, 5) is 52.6. The summed E-state index contributed by atoms with van der Waals surface area (Å²) in [5.41, 5.74) is 0. The van der Waals surface area contributed by atoms with Crippen LogP contribution >= 0.6 is 15.6 Å². The van der Waals surface area contributed by atoms with Crippen molar-refractivity contribution < 1.29 is 61.6 Å². The first-order valence-electron chi connectivity index (χ1n) is 21.0. The molecule has 0 aromatic carbocycles. The van der Waals surface area contributed by atoms with E-state index in [9.17, 15) is 28.7 Å². The molecule has 0 aliphatic rings. The highest BCUT2D eigenvalue weighted by atomic mass is 31.2. The molecule has 0 aromatic heterocycles. The first-order chi connectivity index (χ1) is 27.4. The number of aliphatic hydroxyl groups is 1. The maximum atomic E-state index is 12.6. The summed E-state index contributed by atoms with van der Waals surface area (Å²) >= 11 is 0. The molecule has 0 radical (unpaired) electrons. The normalized spacial score (nSPS) is 14.7. The van der Waals surface area contributed by atoms with Gasteiger partial charge in [0.1, 0.15) is 12.7 Å². The smallest absolute Gasteiger partial charge is 0.462 e. The second kappa shape index (κ2) is 38.0. The Hall–Kier alpha value is -2.18. The van der Waals surface area contributed by atoms with E-state index in [0.717, 1.165) is 64.2 Å². The minimum atomic E-state index is -4.87. The third kappa shape index (κ3) is 41.8. The number of unbranched alkanes of at least 4 members (excludes halogenated alkanes) is 13. The highest BCUT2D eigenvalue weighted by Crippen LogP contribution is 2.43. The van der Waals surface area contributed by atoms with Crippen LogP contribution in [0.1, 0.15) is 155 Å². The molecular formula is C42H74O13P2. The molecule has 0 aromatic rings. The zero-order valence-corrected chi connectivity index (χ0v) is 36.5. The van der Waals surface area contributed by atoms with Gasteiger partial charge in [0.25, 0.3) is 0 Å². The number of aliphatic hydroxyl groups excluding tert-OH is 1. The Morgan fingerprint density at radius 2 is 0.930 bits per heavy atom. The van der Waals surface area contributed by atoms with Crippen LogP contribution in [0.15, 0.2) is 60.8 Å². The molecule has 13 nitrogen and oxygen atoms in total. The fourth-order valence-corrected chi connectivity index (χ4v) is 6.31. The van der Waals surface area contributed by atoms with Crippen molar-refractivity contribution in [2.24, 2.45) is 0 Å². The molecule has 330 valence electrons. The third-order valence-electron chi connectivity index (χ3n) is 8.37. The third-order valence-corrected chi connectivity index (χ3v) is 9.81. The van der Waals surface area contributed by atoms with Crippen LogP contribution in [-0.4, -0.2) is 70.4 Å². The molecular weight excluding hydrogens is 774 g/mol. The summed E-state index contributed by atoms with van der Waals surface area (Å²) in [6.07, 6.45) is 39.4. The van der Waals surface area contributed by atoms with Crippen molar-refractivity contribution in [3.63, 3.8) is 0 Å². The molecule has 0 saturated heterocycles. The number of phosphoric acid groups is 2. The van der Waals surface area contributed by atoms with Gasteiger partial charge in [0, 0.05) is 12.8 Å². The second-order valence-corrected chi connectivity index (χ2v) is 16.6. The number of carbonyl (C=O) groups is 2. The summed E-state index contributed by atoms with van der Waals surface area (Å²) in [5, 5.41) is 9.73. The van der Waals surface area contributed by atoms with Crippen LogP contribution in [0.3, 0.4) is 0 Å². The lowest BCUT2D eigenvalue weighted by Gasteiger charge is -2.20. The van der Waals surface area contributed by atoms with E-state index < -0.39 is 66.2 Å². The Labute approximate surface area is 342 Å². The van der Waals surface area contributed by atoms with Crippen LogP contribution < -0.4 is 0 Å². The zero-order chi connectivity index (χ0) is 42.3. The van der Waals surface area contributed by atoms with Gasteiger partial charge in [-0.05, 0) is 77.0 Å². The average Bonchev–Trinajstić information content (AvgIpc) is 3.17. The van der Waals surface area contributed by atoms with Gasteiger partial charge >= 0.3 is 27.6 Å². The molecule has 3 atom stereocenters. The molecule has 4 N–H and O–H groups in total. The predicted octanol–water partition coefficient (Wildman–Crippen LogP) is 10.4. The summed E-state index contributed by atoms with van der Waals surface area (Å²) in [5.74, 6) is -1.11. The van der Waals surface area contributed by atoms with Crippen LogP contribution in [-0.2, 0) is 41.8 Å². The zero-order valence-electron chi connectivity index (χ0n) is 34.7. The van der Waals surface area contributed by atoms with Gasteiger partial charge in [-0.2, -0.15) is 0 Å². The monoisotopic (exact) mass is 848 g/mol. The number of esters is 2. The standard InChI is InChI=1S/C42H74O13P2/c1-3-5-7-9-11-13-15-17-18-19-20-22-24-26-28-30-32-34-42(45)55-40(38-54-57(49,50)53-36-39(43)35-52-56(46,47)48)37-51-41(44)33-31-29-27-25-23-21-16-14-12-10-8-6-4-2/h11,13-14,16-18,20,22,26,28,39-40,43H,3-10,12,15,19,21,23-25,27,29-38H2,1-2H3,(H,49,50)(H2,46,47,48)/b13-11-,16-14-,18-17-,22-20-,28-26-/t39-,40+/m0/s1. The van der Waals surface area contributed by atoms with Gasteiger partial charge in [-0.1, -0.05) is 126 Å². The van der Waals surface area contributed by atoms with Crippen LogP contribution in [0, 0.1) is 0 Å². The maximum absolute atomic E-state index is 12.6. The quantitative estimate of drug-likeness (QED) is 0.0198. The Morgan fingerprint density at radius 1 is 0.509 bits per heavy atom. The molecule has 0 heterocycles. The number of carbonyl (C=O) groups excluding carboxylic acids is 2. The lowest BCUT2D eigenvalue weighted by atomic mass is 10.1. The first-order valence-corrected chi connectivity index (χ1v) is 24.0. The van der Waals surface area contributed by atoms with E-state index in [1.54, 1.807) is 0 Å². The highest BCUT2D eigenvalue weighted by Gasteiger charge is 2.28. The average molecular weight is 849 g/mol. The van der Waals surface area contributed by atoms with Crippen LogP contribution in [0.4, 0.5) is 0 Å². The number of ether oxygens (including phenoxy) is 2.